The Bertz CT molecular complexity index is 1780. The molecule has 0 saturated carbocycles. The standard InChI is InChI=1S/C33H36N6O5S/c1-19-16-23(20(2)37(19)26-14-12-22(43-6)18-27(26)39(41)42)30-29(25-10-8-9-15-34-25)36-32(45)38(30)21-11-13-24(28(17-21)44-7)35-31(40)33(3,4)5/h8-18,29-30H,1-7H3,(H,35,40)(H,36,45)/t29-,30-/m1/s1. The van der Waals surface area contributed by atoms with E-state index < -0.39 is 10.3 Å². The average molecular weight is 629 g/mol. The van der Waals surface area contributed by atoms with Gasteiger partial charge in [-0.15, -0.1) is 0 Å². The molecule has 2 atom stereocenters. The second kappa shape index (κ2) is 12.2. The van der Waals surface area contributed by atoms with Gasteiger partial charge in [-0.1, -0.05) is 26.8 Å². The van der Waals surface area contributed by atoms with Crippen molar-refractivity contribution >= 4 is 40.3 Å². The van der Waals surface area contributed by atoms with Gasteiger partial charge in [0.15, 0.2) is 5.11 Å². The molecular weight excluding hydrogens is 592 g/mol. The molecule has 0 aliphatic carbocycles. The number of anilines is 2. The fourth-order valence-electron chi connectivity index (χ4n) is 5.62. The van der Waals surface area contributed by atoms with Crippen molar-refractivity contribution in [1.82, 2.24) is 14.9 Å². The van der Waals surface area contributed by atoms with Gasteiger partial charge in [0.2, 0.25) is 5.91 Å². The van der Waals surface area contributed by atoms with Gasteiger partial charge in [0.1, 0.15) is 17.2 Å². The van der Waals surface area contributed by atoms with Crippen LogP contribution in [0.4, 0.5) is 17.1 Å². The highest BCUT2D eigenvalue weighted by Crippen LogP contribution is 2.45. The number of benzene rings is 2. The van der Waals surface area contributed by atoms with E-state index in [-0.39, 0.29) is 23.7 Å². The zero-order valence-corrected chi connectivity index (χ0v) is 27.1. The first-order valence-corrected chi connectivity index (χ1v) is 14.8. The number of nitro groups is 1. The van der Waals surface area contributed by atoms with Gasteiger partial charge in [0.25, 0.3) is 5.69 Å². The van der Waals surface area contributed by atoms with Crippen LogP contribution in [-0.4, -0.2) is 39.7 Å². The Morgan fingerprint density at radius 1 is 1.07 bits per heavy atom. The summed E-state index contributed by atoms with van der Waals surface area (Å²) in [6.45, 7) is 9.39. The summed E-state index contributed by atoms with van der Waals surface area (Å²) < 4.78 is 12.9. The van der Waals surface area contributed by atoms with Gasteiger partial charge in [-0.25, -0.2) is 0 Å². The number of methoxy groups -OCH3 is 2. The van der Waals surface area contributed by atoms with Crippen molar-refractivity contribution in [3.8, 4) is 17.2 Å². The number of carbonyl (C=O) groups excluding carboxylic acids is 1. The molecule has 1 fully saturated rings. The van der Waals surface area contributed by atoms with Crippen LogP contribution in [0, 0.1) is 29.4 Å². The van der Waals surface area contributed by atoms with Crippen LogP contribution in [0.2, 0.25) is 0 Å². The molecule has 0 spiro atoms. The van der Waals surface area contributed by atoms with Gasteiger partial charge >= 0.3 is 0 Å². The normalized spacial score (nSPS) is 16.3. The summed E-state index contributed by atoms with van der Waals surface area (Å²) in [5, 5.41) is 19.0. The second-order valence-corrected chi connectivity index (χ2v) is 12.2. The van der Waals surface area contributed by atoms with Crippen LogP contribution in [0.15, 0.2) is 66.9 Å². The predicted molar refractivity (Wildman–Crippen MR) is 177 cm³/mol. The molecule has 1 amide bonds. The number of amides is 1. The minimum absolute atomic E-state index is 0.0708. The van der Waals surface area contributed by atoms with E-state index in [0.717, 1.165) is 28.3 Å². The maximum atomic E-state index is 12.8. The zero-order chi connectivity index (χ0) is 32.6. The molecule has 234 valence electrons. The van der Waals surface area contributed by atoms with E-state index in [9.17, 15) is 14.9 Å². The van der Waals surface area contributed by atoms with Crippen molar-refractivity contribution in [2.75, 3.05) is 24.4 Å². The summed E-state index contributed by atoms with van der Waals surface area (Å²) in [6.07, 6.45) is 1.74. The number of thiocarbonyl (C=S) groups is 1. The van der Waals surface area contributed by atoms with Crippen molar-refractivity contribution in [2.24, 2.45) is 5.41 Å². The van der Waals surface area contributed by atoms with E-state index in [4.69, 9.17) is 21.7 Å². The number of pyridine rings is 1. The number of hydrogen-bond acceptors (Lipinski definition) is 7. The molecule has 45 heavy (non-hydrogen) atoms. The van der Waals surface area contributed by atoms with Crippen molar-refractivity contribution in [3.63, 3.8) is 0 Å². The summed E-state index contributed by atoms with van der Waals surface area (Å²) >= 11 is 5.93. The molecule has 0 unspecified atom stereocenters. The second-order valence-electron chi connectivity index (χ2n) is 11.9. The number of nitro benzene ring substituents is 1. The minimum atomic E-state index is -0.591. The highest BCUT2D eigenvalue weighted by Gasteiger charge is 2.43. The quantitative estimate of drug-likeness (QED) is 0.127. The lowest BCUT2D eigenvalue weighted by atomic mass is 9.95. The smallest absolute Gasteiger partial charge is 0.296 e. The van der Waals surface area contributed by atoms with Crippen molar-refractivity contribution in [3.05, 3.63) is 99.6 Å². The molecule has 5 rings (SSSR count). The number of carbonyl (C=O) groups is 1. The lowest BCUT2D eigenvalue weighted by Crippen LogP contribution is -2.30. The molecule has 2 N–H and O–H groups in total. The van der Waals surface area contributed by atoms with Crippen LogP contribution in [0.25, 0.3) is 5.69 Å². The van der Waals surface area contributed by atoms with E-state index >= 15 is 0 Å². The molecule has 1 saturated heterocycles. The Balaban J connectivity index is 1.66. The van der Waals surface area contributed by atoms with Gasteiger partial charge in [-0.3, -0.25) is 19.9 Å². The van der Waals surface area contributed by atoms with Crippen LogP contribution in [0.1, 0.15) is 55.5 Å². The number of rotatable bonds is 8. The highest BCUT2D eigenvalue weighted by molar-refractivity contribution is 7.80. The Labute approximate surface area is 267 Å². The summed E-state index contributed by atoms with van der Waals surface area (Å²) in [4.78, 5) is 31.1. The Kier molecular flexibility index (Phi) is 8.53. The molecule has 1 aliphatic heterocycles. The third kappa shape index (κ3) is 5.93. The van der Waals surface area contributed by atoms with E-state index in [1.165, 1.54) is 13.2 Å². The first kappa shape index (κ1) is 31.5. The van der Waals surface area contributed by atoms with Crippen LogP contribution < -0.4 is 25.0 Å². The van der Waals surface area contributed by atoms with Crippen molar-refractivity contribution in [1.29, 1.82) is 0 Å². The number of aromatic nitrogens is 2. The van der Waals surface area contributed by atoms with E-state index in [0.29, 0.717) is 28.0 Å². The summed E-state index contributed by atoms with van der Waals surface area (Å²) in [7, 11) is 3.03. The van der Waals surface area contributed by atoms with Crippen LogP contribution >= 0.6 is 12.2 Å². The van der Waals surface area contributed by atoms with Crippen LogP contribution in [0.3, 0.4) is 0 Å². The van der Waals surface area contributed by atoms with E-state index in [1.54, 1.807) is 31.5 Å². The average Bonchev–Trinajstić information content (AvgIpc) is 3.51. The monoisotopic (exact) mass is 628 g/mol. The molecule has 3 heterocycles. The van der Waals surface area contributed by atoms with E-state index in [2.05, 4.69) is 15.6 Å². The largest absolute Gasteiger partial charge is 0.496 e. The van der Waals surface area contributed by atoms with Gasteiger partial charge < -0.3 is 29.6 Å². The molecule has 2 aromatic heterocycles. The third-order valence-corrected chi connectivity index (χ3v) is 8.21. The first-order valence-electron chi connectivity index (χ1n) is 14.4. The lowest BCUT2D eigenvalue weighted by molar-refractivity contribution is -0.384. The highest BCUT2D eigenvalue weighted by atomic mass is 32.1. The summed E-state index contributed by atoms with van der Waals surface area (Å²) in [5.41, 5.74) is 4.36. The Morgan fingerprint density at radius 2 is 1.82 bits per heavy atom. The van der Waals surface area contributed by atoms with Crippen molar-refractivity contribution < 1.29 is 19.2 Å². The minimum Gasteiger partial charge on any atom is -0.496 e. The fourth-order valence-corrected chi connectivity index (χ4v) is 5.96. The van der Waals surface area contributed by atoms with Crippen LogP contribution in [-0.2, 0) is 4.79 Å². The summed E-state index contributed by atoms with van der Waals surface area (Å²) in [6, 6.07) is 17.4. The maximum absolute atomic E-state index is 12.8. The fraction of sp³-hybridized carbons (Fsp3) is 0.303. The lowest BCUT2D eigenvalue weighted by Gasteiger charge is -2.29. The molecule has 1 aliphatic rings. The molecule has 0 bridgehead atoms. The van der Waals surface area contributed by atoms with Crippen LogP contribution in [0.5, 0.6) is 11.5 Å². The maximum Gasteiger partial charge on any atom is 0.296 e. The molecule has 2 aromatic carbocycles. The predicted octanol–water partition coefficient (Wildman–Crippen LogP) is 6.58. The number of hydrogen-bond donors (Lipinski definition) is 2. The molecule has 11 nitrogen and oxygen atoms in total. The number of nitrogens with one attached hydrogen (secondary N) is 2. The Hall–Kier alpha value is -4.97. The SMILES string of the molecule is COc1ccc(-n2c(C)cc([C@@H]3[C@@H](c4ccccn4)NC(=S)N3c3ccc(NC(=O)C(C)(C)C)c(OC)c3)c2C)c([N+](=O)[O-])c1. The molecule has 0 radical (unpaired) electrons. The third-order valence-electron chi connectivity index (χ3n) is 7.90. The number of aryl methyl sites for hydroxylation is 1. The molecular formula is C33H36N6O5S. The first-order chi connectivity index (χ1) is 21.3. The summed E-state index contributed by atoms with van der Waals surface area (Å²) in [5.74, 6) is 0.739. The molecule has 4 aromatic rings. The zero-order valence-electron chi connectivity index (χ0n) is 26.2. The van der Waals surface area contributed by atoms with Crippen molar-refractivity contribution in [2.45, 2.75) is 46.7 Å². The van der Waals surface area contributed by atoms with Gasteiger partial charge in [0, 0.05) is 34.8 Å². The Morgan fingerprint density at radius 3 is 2.44 bits per heavy atom. The van der Waals surface area contributed by atoms with Gasteiger partial charge in [0.05, 0.1) is 48.7 Å². The van der Waals surface area contributed by atoms with Gasteiger partial charge in [-0.05, 0) is 74.1 Å². The number of ether oxygens (including phenoxy) is 2. The number of nitrogens with zero attached hydrogens (tertiary/aromatic N) is 4. The van der Waals surface area contributed by atoms with E-state index in [1.807, 2.05) is 80.5 Å². The topological polar surface area (TPSA) is 124 Å². The molecule has 12 heteroatoms. The van der Waals surface area contributed by atoms with Gasteiger partial charge in [-0.2, -0.15) is 0 Å².